The molecule has 1 aliphatic carbocycles. The number of hydrogen-bond acceptors (Lipinski definition) is 3. The molecule has 0 aliphatic heterocycles. The van der Waals surface area contributed by atoms with E-state index in [0.717, 1.165) is 31.2 Å². The lowest BCUT2D eigenvalue weighted by atomic mass is 9.94. The zero-order valence-electron chi connectivity index (χ0n) is 10.4. The van der Waals surface area contributed by atoms with E-state index in [9.17, 15) is 9.90 Å². The molecule has 4 nitrogen and oxygen atoms in total. The highest BCUT2D eigenvalue weighted by atomic mass is 16.5. The largest absolute Gasteiger partial charge is 0.487 e. The third-order valence-corrected chi connectivity index (χ3v) is 3.31. The third-order valence-electron chi connectivity index (χ3n) is 3.31. The van der Waals surface area contributed by atoms with Crippen LogP contribution in [0.5, 0.6) is 5.75 Å². The molecule has 1 aromatic rings. The van der Waals surface area contributed by atoms with Crippen LogP contribution in [0.25, 0.3) is 0 Å². The third kappa shape index (κ3) is 2.82. The maximum atomic E-state index is 11.1. The van der Waals surface area contributed by atoms with E-state index in [1.54, 1.807) is 18.2 Å². The van der Waals surface area contributed by atoms with E-state index in [2.05, 4.69) is 0 Å². The van der Waals surface area contributed by atoms with Crippen LogP contribution in [0.4, 0.5) is 0 Å². The van der Waals surface area contributed by atoms with Gasteiger partial charge in [0.2, 0.25) is 0 Å². The first-order chi connectivity index (χ1) is 8.58. The number of aryl methyl sites for hydroxylation is 1. The molecule has 0 heterocycles. The van der Waals surface area contributed by atoms with Crippen molar-refractivity contribution in [2.24, 2.45) is 0 Å². The summed E-state index contributed by atoms with van der Waals surface area (Å²) in [5.41, 5.74) is 1.10. The number of hydrogen-bond donors (Lipinski definition) is 2. The molecule has 18 heavy (non-hydrogen) atoms. The van der Waals surface area contributed by atoms with Gasteiger partial charge < -0.3 is 14.9 Å². The van der Waals surface area contributed by atoms with Crippen molar-refractivity contribution in [2.75, 3.05) is 0 Å². The summed E-state index contributed by atoms with van der Waals surface area (Å²) in [7, 11) is 0. The van der Waals surface area contributed by atoms with E-state index < -0.39 is 12.1 Å². The van der Waals surface area contributed by atoms with Crippen molar-refractivity contribution >= 4 is 5.97 Å². The van der Waals surface area contributed by atoms with Gasteiger partial charge in [0.25, 0.3) is 0 Å². The molecule has 0 aromatic heterocycles. The lowest BCUT2D eigenvalue weighted by molar-refractivity contribution is 0.00603. The summed E-state index contributed by atoms with van der Waals surface area (Å²) >= 11 is 0. The number of ether oxygens (including phenoxy) is 1. The number of carbonyl (C=O) groups is 1. The topological polar surface area (TPSA) is 66.8 Å². The quantitative estimate of drug-likeness (QED) is 0.864. The second-order valence-electron chi connectivity index (χ2n) is 4.81. The summed E-state index contributed by atoms with van der Waals surface area (Å²) in [6.07, 6.45) is 2.71. The summed E-state index contributed by atoms with van der Waals surface area (Å²) < 4.78 is 5.71. The van der Waals surface area contributed by atoms with Crippen molar-refractivity contribution in [3.8, 4) is 5.75 Å². The maximum Gasteiger partial charge on any atom is 0.339 e. The van der Waals surface area contributed by atoms with Gasteiger partial charge in [0.15, 0.2) is 0 Å². The van der Waals surface area contributed by atoms with Crippen LogP contribution in [0.2, 0.25) is 0 Å². The Kier molecular flexibility index (Phi) is 3.87. The summed E-state index contributed by atoms with van der Waals surface area (Å²) in [4.78, 5) is 11.1. The number of aliphatic hydroxyl groups excluding tert-OH is 1. The molecule has 98 valence electrons. The Balaban J connectivity index is 2.21. The van der Waals surface area contributed by atoms with Crippen molar-refractivity contribution in [2.45, 2.75) is 44.8 Å². The minimum absolute atomic E-state index is 0.151. The molecule has 1 aromatic carbocycles. The van der Waals surface area contributed by atoms with E-state index in [-0.39, 0.29) is 11.7 Å². The van der Waals surface area contributed by atoms with Crippen molar-refractivity contribution < 1.29 is 19.7 Å². The van der Waals surface area contributed by atoms with Gasteiger partial charge in [-0.3, -0.25) is 0 Å². The van der Waals surface area contributed by atoms with E-state index in [0.29, 0.717) is 5.75 Å². The van der Waals surface area contributed by atoms with Gasteiger partial charge in [-0.15, -0.1) is 0 Å². The number of carboxylic acid groups (broad SMARTS) is 1. The van der Waals surface area contributed by atoms with Crippen LogP contribution >= 0.6 is 0 Å². The molecule has 2 N–H and O–H groups in total. The molecule has 0 bridgehead atoms. The van der Waals surface area contributed by atoms with Gasteiger partial charge in [0, 0.05) is 0 Å². The average Bonchev–Trinajstić information content (AvgIpc) is 2.32. The van der Waals surface area contributed by atoms with Crippen LogP contribution in [-0.2, 0) is 0 Å². The molecule has 1 aliphatic rings. The molecule has 0 saturated heterocycles. The molecule has 2 rings (SSSR count). The Morgan fingerprint density at radius 2 is 2.06 bits per heavy atom. The van der Waals surface area contributed by atoms with Crippen molar-refractivity contribution in [1.29, 1.82) is 0 Å². The molecule has 2 unspecified atom stereocenters. The van der Waals surface area contributed by atoms with Crippen LogP contribution in [0.1, 0.15) is 41.6 Å². The fourth-order valence-electron chi connectivity index (χ4n) is 2.28. The molecule has 0 spiro atoms. The van der Waals surface area contributed by atoms with Gasteiger partial charge in [-0.25, -0.2) is 4.79 Å². The number of rotatable bonds is 3. The van der Waals surface area contributed by atoms with Gasteiger partial charge in [0.05, 0.1) is 6.10 Å². The van der Waals surface area contributed by atoms with Crippen LogP contribution in [0.3, 0.4) is 0 Å². The second kappa shape index (κ2) is 5.40. The smallest absolute Gasteiger partial charge is 0.339 e. The lowest BCUT2D eigenvalue weighted by Gasteiger charge is -2.28. The van der Waals surface area contributed by atoms with Gasteiger partial charge in [-0.2, -0.15) is 0 Å². The second-order valence-corrected chi connectivity index (χ2v) is 4.81. The number of aromatic carboxylic acids is 1. The highest BCUT2D eigenvalue weighted by Gasteiger charge is 2.26. The number of carboxylic acids is 1. The Morgan fingerprint density at radius 3 is 2.72 bits per heavy atom. The fourth-order valence-corrected chi connectivity index (χ4v) is 2.28. The SMILES string of the molecule is Cc1ccc(C(=O)O)c(OC2CCCCC2O)c1. The van der Waals surface area contributed by atoms with Crippen LogP contribution < -0.4 is 4.74 Å². The molecule has 1 fully saturated rings. The lowest BCUT2D eigenvalue weighted by Crippen LogP contribution is -2.35. The van der Waals surface area contributed by atoms with Crippen LogP contribution in [-0.4, -0.2) is 28.4 Å². The minimum atomic E-state index is -1.00. The van der Waals surface area contributed by atoms with Crippen molar-refractivity contribution in [3.63, 3.8) is 0 Å². The first kappa shape index (κ1) is 12.9. The Bertz CT molecular complexity index is 441. The van der Waals surface area contributed by atoms with E-state index in [1.165, 1.54) is 0 Å². The van der Waals surface area contributed by atoms with Crippen LogP contribution in [0.15, 0.2) is 18.2 Å². The van der Waals surface area contributed by atoms with Crippen LogP contribution in [0, 0.1) is 6.92 Å². The predicted molar refractivity (Wildman–Crippen MR) is 67.0 cm³/mol. The first-order valence-corrected chi connectivity index (χ1v) is 6.26. The van der Waals surface area contributed by atoms with Gasteiger partial charge >= 0.3 is 5.97 Å². The van der Waals surface area contributed by atoms with E-state index in [1.807, 2.05) is 6.92 Å². The number of aliphatic hydroxyl groups is 1. The Morgan fingerprint density at radius 1 is 1.33 bits per heavy atom. The standard InChI is InChI=1S/C14H18O4/c1-9-6-7-10(14(16)17)13(8-9)18-12-5-3-2-4-11(12)15/h6-8,11-12,15H,2-5H2,1H3,(H,16,17). The summed E-state index contributed by atoms with van der Waals surface area (Å²) in [6.45, 7) is 1.88. The normalized spacial score (nSPS) is 23.7. The molecule has 0 radical (unpaired) electrons. The summed E-state index contributed by atoms with van der Waals surface area (Å²) in [6, 6.07) is 5.00. The Labute approximate surface area is 106 Å². The summed E-state index contributed by atoms with van der Waals surface area (Å²) in [5.74, 6) is -0.649. The molecule has 2 atom stereocenters. The highest BCUT2D eigenvalue weighted by Crippen LogP contribution is 2.27. The van der Waals surface area contributed by atoms with E-state index in [4.69, 9.17) is 9.84 Å². The zero-order chi connectivity index (χ0) is 13.1. The zero-order valence-corrected chi connectivity index (χ0v) is 10.4. The Hall–Kier alpha value is -1.55. The van der Waals surface area contributed by atoms with Crippen molar-refractivity contribution in [1.82, 2.24) is 0 Å². The molecule has 1 saturated carbocycles. The van der Waals surface area contributed by atoms with Gasteiger partial charge in [-0.1, -0.05) is 12.5 Å². The fraction of sp³-hybridized carbons (Fsp3) is 0.500. The monoisotopic (exact) mass is 250 g/mol. The summed E-state index contributed by atoms with van der Waals surface area (Å²) in [5, 5.41) is 19.0. The molecular formula is C14H18O4. The predicted octanol–water partition coefficient (Wildman–Crippen LogP) is 2.38. The molecular weight excluding hydrogens is 232 g/mol. The highest BCUT2D eigenvalue weighted by molar-refractivity contribution is 5.91. The number of benzene rings is 1. The van der Waals surface area contributed by atoms with Gasteiger partial charge in [0.1, 0.15) is 17.4 Å². The van der Waals surface area contributed by atoms with Crippen molar-refractivity contribution in [3.05, 3.63) is 29.3 Å². The minimum Gasteiger partial charge on any atom is -0.487 e. The van der Waals surface area contributed by atoms with Gasteiger partial charge in [-0.05, 0) is 43.9 Å². The molecule has 4 heteroatoms. The first-order valence-electron chi connectivity index (χ1n) is 6.26. The average molecular weight is 250 g/mol. The molecule has 0 amide bonds. The maximum absolute atomic E-state index is 11.1. The van der Waals surface area contributed by atoms with E-state index >= 15 is 0 Å².